The first kappa shape index (κ1) is 20.8. The maximum atomic E-state index is 5.81. The number of nitrogens with one attached hydrogen (secondary N) is 1. The average molecular weight is 425 g/mol. The number of aryl methyl sites for hydroxylation is 1. The van der Waals surface area contributed by atoms with Crippen molar-refractivity contribution in [3.63, 3.8) is 0 Å². The van der Waals surface area contributed by atoms with Gasteiger partial charge in [0.15, 0.2) is 0 Å². The molecular weight excluding hydrogens is 396 g/mol. The third-order valence-electron chi connectivity index (χ3n) is 5.01. The summed E-state index contributed by atoms with van der Waals surface area (Å²) in [7, 11) is 0. The number of nitrogens with zero attached hydrogens (tertiary/aromatic N) is 3. The number of morpholine rings is 1. The van der Waals surface area contributed by atoms with Gasteiger partial charge in [-0.1, -0.05) is 18.2 Å². The van der Waals surface area contributed by atoms with E-state index in [1.165, 1.54) is 11.1 Å². The van der Waals surface area contributed by atoms with Gasteiger partial charge in [-0.05, 0) is 43.2 Å². The Morgan fingerprint density at radius 3 is 2.67 bits per heavy atom. The maximum absolute atomic E-state index is 5.81. The topological polar surface area (TPSA) is 59.5 Å². The molecule has 4 rings (SSSR count). The molecule has 158 valence electrons. The van der Waals surface area contributed by atoms with Gasteiger partial charge in [0.25, 0.3) is 0 Å². The Labute approximate surface area is 181 Å². The van der Waals surface area contributed by atoms with Crippen molar-refractivity contribution in [2.24, 2.45) is 0 Å². The van der Waals surface area contributed by atoms with E-state index in [0.29, 0.717) is 6.61 Å². The van der Waals surface area contributed by atoms with Gasteiger partial charge in [-0.25, -0.2) is 9.97 Å². The Morgan fingerprint density at radius 1 is 1.17 bits per heavy atom. The number of ether oxygens (including phenoxy) is 2. The Kier molecular flexibility index (Phi) is 6.94. The number of aromatic nitrogens is 2. The van der Waals surface area contributed by atoms with Crippen molar-refractivity contribution >= 4 is 17.2 Å². The van der Waals surface area contributed by atoms with Crippen LogP contribution in [-0.4, -0.2) is 35.8 Å². The van der Waals surface area contributed by atoms with Crippen molar-refractivity contribution in [2.75, 3.05) is 24.6 Å². The zero-order chi connectivity index (χ0) is 20.8. The molecule has 1 N–H and O–H groups in total. The minimum absolute atomic E-state index is 0.259. The van der Waals surface area contributed by atoms with Gasteiger partial charge < -0.3 is 19.7 Å². The molecule has 0 bridgehead atoms. The summed E-state index contributed by atoms with van der Waals surface area (Å²) in [4.78, 5) is 11.3. The SMILES string of the molecule is Cc1nc(COc2ccc(CNCc3ccc(N4CCOC(C)C4)nc3)cc2)cs1. The molecule has 1 aliphatic rings. The van der Waals surface area contributed by atoms with Gasteiger partial charge in [0.2, 0.25) is 0 Å². The summed E-state index contributed by atoms with van der Waals surface area (Å²) < 4.78 is 11.4. The van der Waals surface area contributed by atoms with Crippen LogP contribution in [0.25, 0.3) is 0 Å². The van der Waals surface area contributed by atoms with Crippen molar-refractivity contribution < 1.29 is 9.47 Å². The summed E-state index contributed by atoms with van der Waals surface area (Å²) in [5, 5.41) is 6.58. The van der Waals surface area contributed by atoms with Gasteiger partial charge in [0.1, 0.15) is 18.2 Å². The predicted octanol–water partition coefficient (Wildman–Crippen LogP) is 3.94. The quantitative estimate of drug-likeness (QED) is 0.591. The minimum Gasteiger partial charge on any atom is -0.487 e. The summed E-state index contributed by atoms with van der Waals surface area (Å²) in [5.74, 6) is 1.89. The van der Waals surface area contributed by atoms with Crippen LogP contribution < -0.4 is 15.0 Å². The number of rotatable bonds is 8. The van der Waals surface area contributed by atoms with E-state index in [4.69, 9.17) is 9.47 Å². The first-order valence-corrected chi connectivity index (χ1v) is 11.2. The molecule has 1 aliphatic heterocycles. The van der Waals surface area contributed by atoms with Crippen LogP contribution in [0.1, 0.15) is 28.8 Å². The van der Waals surface area contributed by atoms with Crippen molar-refractivity contribution in [3.05, 3.63) is 69.8 Å². The largest absolute Gasteiger partial charge is 0.487 e. The Morgan fingerprint density at radius 2 is 1.97 bits per heavy atom. The van der Waals surface area contributed by atoms with Gasteiger partial charge in [-0.2, -0.15) is 0 Å². The van der Waals surface area contributed by atoms with Crippen LogP contribution in [0.5, 0.6) is 5.75 Å². The van der Waals surface area contributed by atoms with Crippen LogP contribution in [0.3, 0.4) is 0 Å². The van der Waals surface area contributed by atoms with Crippen LogP contribution in [0.4, 0.5) is 5.82 Å². The molecule has 0 saturated carbocycles. The Bertz CT molecular complexity index is 927. The molecule has 1 unspecified atom stereocenters. The third-order valence-corrected chi connectivity index (χ3v) is 5.83. The van der Waals surface area contributed by atoms with E-state index in [9.17, 15) is 0 Å². The second kappa shape index (κ2) is 10.0. The van der Waals surface area contributed by atoms with Gasteiger partial charge >= 0.3 is 0 Å². The Balaban J connectivity index is 1.21. The first-order chi connectivity index (χ1) is 14.7. The fraction of sp³-hybridized carbons (Fsp3) is 0.391. The number of hydrogen-bond donors (Lipinski definition) is 1. The molecule has 7 heteroatoms. The van der Waals surface area contributed by atoms with Gasteiger partial charge in [0.05, 0.1) is 23.4 Å². The smallest absolute Gasteiger partial charge is 0.131 e. The fourth-order valence-electron chi connectivity index (χ4n) is 3.42. The molecule has 1 atom stereocenters. The molecule has 1 fully saturated rings. The minimum atomic E-state index is 0.259. The summed E-state index contributed by atoms with van der Waals surface area (Å²) in [6.07, 6.45) is 2.22. The van der Waals surface area contributed by atoms with Crippen LogP contribution in [-0.2, 0) is 24.4 Å². The van der Waals surface area contributed by atoms with Crippen LogP contribution in [0.2, 0.25) is 0 Å². The zero-order valence-corrected chi connectivity index (χ0v) is 18.3. The zero-order valence-electron chi connectivity index (χ0n) is 17.5. The molecule has 1 aromatic carbocycles. The van der Waals surface area contributed by atoms with Crippen molar-refractivity contribution in [1.29, 1.82) is 0 Å². The van der Waals surface area contributed by atoms with E-state index >= 15 is 0 Å². The molecule has 3 aromatic rings. The molecule has 1 saturated heterocycles. The van der Waals surface area contributed by atoms with Gasteiger partial charge in [0, 0.05) is 37.8 Å². The van der Waals surface area contributed by atoms with E-state index in [2.05, 4.69) is 51.4 Å². The molecule has 3 heterocycles. The number of anilines is 1. The van der Waals surface area contributed by atoms with Crippen LogP contribution in [0.15, 0.2) is 48.0 Å². The number of thiazole rings is 1. The van der Waals surface area contributed by atoms with Crippen molar-refractivity contribution in [3.8, 4) is 5.75 Å². The van der Waals surface area contributed by atoms with Crippen molar-refractivity contribution in [2.45, 2.75) is 39.6 Å². The maximum Gasteiger partial charge on any atom is 0.131 e. The lowest BCUT2D eigenvalue weighted by Crippen LogP contribution is -2.41. The van der Waals surface area contributed by atoms with E-state index in [-0.39, 0.29) is 6.10 Å². The van der Waals surface area contributed by atoms with E-state index in [0.717, 1.165) is 55.1 Å². The van der Waals surface area contributed by atoms with E-state index in [1.54, 1.807) is 11.3 Å². The second-order valence-electron chi connectivity index (χ2n) is 7.55. The van der Waals surface area contributed by atoms with Gasteiger partial charge in [-0.15, -0.1) is 11.3 Å². The van der Waals surface area contributed by atoms with E-state index in [1.807, 2.05) is 30.6 Å². The summed E-state index contributed by atoms with van der Waals surface area (Å²) in [6, 6.07) is 12.5. The van der Waals surface area contributed by atoms with Gasteiger partial charge in [-0.3, -0.25) is 0 Å². The Hall–Kier alpha value is -2.48. The van der Waals surface area contributed by atoms with Crippen LogP contribution >= 0.6 is 11.3 Å². The summed E-state index contributed by atoms with van der Waals surface area (Å²) in [6.45, 7) is 8.76. The number of pyridine rings is 1. The molecule has 30 heavy (non-hydrogen) atoms. The normalized spacial score (nSPS) is 16.6. The predicted molar refractivity (Wildman–Crippen MR) is 120 cm³/mol. The molecule has 0 aliphatic carbocycles. The molecule has 0 spiro atoms. The van der Waals surface area contributed by atoms with E-state index < -0.39 is 0 Å². The third kappa shape index (κ3) is 5.78. The number of hydrogen-bond acceptors (Lipinski definition) is 7. The lowest BCUT2D eigenvalue weighted by atomic mass is 10.2. The number of benzene rings is 1. The van der Waals surface area contributed by atoms with Crippen LogP contribution in [0, 0.1) is 6.92 Å². The highest BCUT2D eigenvalue weighted by Gasteiger charge is 2.17. The molecule has 0 amide bonds. The standard InChI is InChI=1S/C23H28N4O2S/c1-17-14-27(9-10-28-17)23-8-5-20(13-25-23)12-24-11-19-3-6-22(7-4-19)29-15-21-16-30-18(2)26-21/h3-8,13,16-17,24H,9-12,14-15H2,1-2H3. The molecule has 0 radical (unpaired) electrons. The average Bonchev–Trinajstić information content (AvgIpc) is 3.19. The molecule has 2 aromatic heterocycles. The highest BCUT2D eigenvalue weighted by atomic mass is 32.1. The molecule has 6 nitrogen and oxygen atoms in total. The first-order valence-electron chi connectivity index (χ1n) is 10.3. The molecular formula is C23H28N4O2S. The van der Waals surface area contributed by atoms with Crippen molar-refractivity contribution in [1.82, 2.24) is 15.3 Å². The summed E-state index contributed by atoms with van der Waals surface area (Å²) in [5.41, 5.74) is 3.38. The lowest BCUT2D eigenvalue weighted by Gasteiger charge is -2.32. The lowest BCUT2D eigenvalue weighted by molar-refractivity contribution is 0.0529. The highest BCUT2D eigenvalue weighted by Crippen LogP contribution is 2.17. The monoisotopic (exact) mass is 424 g/mol. The fourth-order valence-corrected chi connectivity index (χ4v) is 4.02. The second-order valence-corrected chi connectivity index (χ2v) is 8.61. The highest BCUT2D eigenvalue weighted by molar-refractivity contribution is 7.09. The summed E-state index contributed by atoms with van der Waals surface area (Å²) >= 11 is 1.65.